The molecule has 0 aliphatic carbocycles. The molecule has 2 aromatic carbocycles. The van der Waals surface area contributed by atoms with Crippen molar-refractivity contribution in [2.75, 3.05) is 12.4 Å². The molecular formula is C16H16BrN3O2S. The highest BCUT2D eigenvalue weighted by molar-refractivity contribution is 9.10. The molecule has 0 aromatic heterocycles. The Hall–Kier alpha value is -1.99. The Kier molecular flexibility index (Phi) is 5.68. The Morgan fingerprint density at radius 3 is 2.65 bits per heavy atom. The minimum absolute atomic E-state index is 0.0774. The van der Waals surface area contributed by atoms with Crippen molar-refractivity contribution in [1.82, 2.24) is 4.90 Å². The summed E-state index contributed by atoms with van der Waals surface area (Å²) in [5.41, 5.74) is 1.79. The molecule has 5 nitrogen and oxygen atoms in total. The third-order valence-corrected chi connectivity index (χ3v) is 4.42. The number of hydrogen-bond acceptors (Lipinski definition) is 3. The second-order valence-corrected chi connectivity index (χ2v) is 6.38. The normalized spacial score (nSPS) is 11.6. The van der Waals surface area contributed by atoms with Gasteiger partial charge in [-0.3, -0.25) is 10.1 Å². The van der Waals surface area contributed by atoms with E-state index in [0.29, 0.717) is 5.11 Å². The van der Waals surface area contributed by atoms with Crippen LogP contribution in [0.2, 0.25) is 0 Å². The summed E-state index contributed by atoms with van der Waals surface area (Å²) < 4.78 is 0.958. The summed E-state index contributed by atoms with van der Waals surface area (Å²) in [6, 6.07) is 14.2. The number of nitrogens with zero attached hydrogens (tertiary/aromatic N) is 2. The van der Waals surface area contributed by atoms with E-state index in [4.69, 9.17) is 12.2 Å². The Morgan fingerprint density at radius 2 is 2.00 bits per heavy atom. The van der Waals surface area contributed by atoms with Crippen LogP contribution in [0.15, 0.2) is 53.0 Å². The predicted octanol–water partition coefficient (Wildman–Crippen LogP) is 4.75. The van der Waals surface area contributed by atoms with Gasteiger partial charge < -0.3 is 10.2 Å². The number of nitro groups is 1. The Balaban J connectivity index is 2.12. The molecule has 0 unspecified atom stereocenters. The lowest BCUT2D eigenvalue weighted by molar-refractivity contribution is -0.384. The fourth-order valence-electron chi connectivity index (χ4n) is 2.08. The number of non-ortho nitro benzene ring substituents is 1. The molecular weight excluding hydrogens is 378 g/mol. The first kappa shape index (κ1) is 17.4. The van der Waals surface area contributed by atoms with E-state index in [2.05, 4.69) is 21.2 Å². The van der Waals surface area contributed by atoms with Crippen molar-refractivity contribution in [1.29, 1.82) is 0 Å². The number of halogens is 1. The van der Waals surface area contributed by atoms with Gasteiger partial charge in [-0.1, -0.05) is 34.1 Å². The second-order valence-electron chi connectivity index (χ2n) is 5.08. The molecule has 0 fully saturated rings. The molecule has 2 aromatic rings. The molecule has 0 heterocycles. The van der Waals surface area contributed by atoms with Crippen LogP contribution in [0.3, 0.4) is 0 Å². The lowest BCUT2D eigenvalue weighted by Crippen LogP contribution is -2.33. The van der Waals surface area contributed by atoms with Crippen molar-refractivity contribution in [3.05, 3.63) is 68.7 Å². The molecule has 1 N–H and O–H groups in total. The average molecular weight is 394 g/mol. The summed E-state index contributed by atoms with van der Waals surface area (Å²) >= 11 is 8.84. The molecule has 0 saturated heterocycles. The number of nitrogens with one attached hydrogen (secondary N) is 1. The molecule has 0 radical (unpaired) electrons. The number of anilines is 1. The zero-order valence-electron chi connectivity index (χ0n) is 12.7. The van der Waals surface area contributed by atoms with Gasteiger partial charge in [0.2, 0.25) is 0 Å². The maximum absolute atomic E-state index is 10.9. The molecule has 0 amide bonds. The monoisotopic (exact) mass is 393 g/mol. The SMILES string of the molecule is C[C@H](c1cccc([N+](=O)[O-])c1)N(C)C(=S)Nc1cccc(Br)c1. The first-order chi connectivity index (χ1) is 10.9. The van der Waals surface area contributed by atoms with Crippen LogP contribution in [0, 0.1) is 10.1 Å². The topological polar surface area (TPSA) is 58.4 Å². The highest BCUT2D eigenvalue weighted by Crippen LogP contribution is 2.24. The summed E-state index contributed by atoms with van der Waals surface area (Å²) in [7, 11) is 1.86. The number of thiocarbonyl (C=S) groups is 1. The van der Waals surface area contributed by atoms with E-state index < -0.39 is 4.92 Å². The quantitative estimate of drug-likeness (QED) is 0.461. The standard InChI is InChI=1S/C16H16BrN3O2S/c1-11(12-5-3-8-15(9-12)20(21)22)19(2)16(23)18-14-7-4-6-13(17)10-14/h3-11H,1-2H3,(H,18,23)/t11-/m1/s1. The van der Waals surface area contributed by atoms with Gasteiger partial charge in [-0.25, -0.2) is 0 Å². The molecule has 23 heavy (non-hydrogen) atoms. The second kappa shape index (κ2) is 7.52. The number of hydrogen-bond donors (Lipinski definition) is 1. The van der Waals surface area contributed by atoms with Gasteiger partial charge in [-0.05, 0) is 42.9 Å². The fourth-order valence-corrected chi connectivity index (χ4v) is 2.75. The van der Waals surface area contributed by atoms with Gasteiger partial charge in [0.1, 0.15) is 0 Å². The van der Waals surface area contributed by atoms with E-state index in [1.54, 1.807) is 12.1 Å². The first-order valence-corrected chi connectivity index (χ1v) is 8.12. The van der Waals surface area contributed by atoms with Crippen molar-refractivity contribution in [3.63, 3.8) is 0 Å². The third kappa shape index (κ3) is 4.49. The highest BCUT2D eigenvalue weighted by Gasteiger charge is 2.17. The van der Waals surface area contributed by atoms with Gasteiger partial charge in [-0.2, -0.15) is 0 Å². The molecule has 0 bridgehead atoms. The molecule has 120 valence electrons. The van der Waals surface area contributed by atoms with E-state index >= 15 is 0 Å². The predicted molar refractivity (Wildman–Crippen MR) is 99.6 cm³/mol. The largest absolute Gasteiger partial charge is 0.345 e. The van der Waals surface area contributed by atoms with Crippen molar-refractivity contribution in [3.8, 4) is 0 Å². The molecule has 0 aliphatic rings. The molecule has 2 rings (SSSR count). The van der Waals surface area contributed by atoms with Gasteiger partial charge in [0.25, 0.3) is 5.69 Å². The molecule has 0 spiro atoms. The summed E-state index contributed by atoms with van der Waals surface area (Å²) in [4.78, 5) is 12.4. The highest BCUT2D eigenvalue weighted by atomic mass is 79.9. The molecule has 0 aliphatic heterocycles. The van der Waals surface area contributed by atoms with Gasteiger partial charge in [-0.15, -0.1) is 0 Å². The maximum atomic E-state index is 10.9. The smallest absolute Gasteiger partial charge is 0.269 e. The van der Waals surface area contributed by atoms with Crippen LogP contribution in [0.1, 0.15) is 18.5 Å². The van der Waals surface area contributed by atoms with E-state index in [0.717, 1.165) is 15.7 Å². The van der Waals surface area contributed by atoms with Crippen molar-refractivity contribution >= 4 is 44.6 Å². The summed E-state index contributed by atoms with van der Waals surface area (Å²) in [6.45, 7) is 1.95. The minimum atomic E-state index is -0.395. The Morgan fingerprint density at radius 1 is 1.30 bits per heavy atom. The van der Waals surface area contributed by atoms with Crippen LogP contribution in [0.25, 0.3) is 0 Å². The zero-order chi connectivity index (χ0) is 17.0. The van der Waals surface area contributed by atoms with Gasteiger partial charge in [0.05, 0.1) is 11.0 Å². The minimum Gasteiger partial charge on any atom is -0.345 e. The fraction of sp³-hybridized carbons (Fsp3) is 0.188. The Bertz CT molecular complexity index is 739. The van der Waals surface area contributed by atoms with E-state index in [1.807, 2.05) is 49.2 Å². The maximum Gasteiger partial charge on any atom is 0.269 e. The van der Waals surface area contributed by atoms with Crippen LogP contribution < -0.4 is 5.32 Å². The van der Waals surface area contributed by atoms with E-state index in [9.17, 15) is 10.1 Å². The summed E-state index contributed by atoms with van der Waals surface area (Å²) in [5, 5.41) is 14.6. The lowest BCUT2D eigenvalue weighted by atomic mass is 10.1. The van der Waals surface area contributed by atoms with Crippen LogP contribution in [0.5, 0.6) is 0 Å². The van der Waals surface area contributed by atoms with Crippen LogP contribution >= 0.6 is 28.1 Å². The van der Waals surface area contributed by atoms with Crippen LogP contribution in [-0.2, 0) is 0 Å². The van der Waals surface area contributed by atoms with Gasteiger partial charge in [0.15, 0.2) is 5.11 Å². The summed E-state index contributed by atoms with van der Waals surface area (Å²) in [5.74, 6) is 0. The molecule has 1 atom stereocenters. The first-order valence-electron chi connectivity index (χ1n) is 6.92. The zero-order valence-corrected chi connectivity index (χ0v) is 15.1. The van der Waals surface area contributed by atoms with Crippen molar-refractivity contribution < 1.29 is 4.92 Å². The molecule has 0 saturated carbocycles. The third-order valence-electron chi connectivity index (χ3n) is 3.54. The van der Waals surface area contributed by atoms with E-state index in [1.165, 1.54) is 6.07 Å². The number of benzene rings is 2. The summed E-state index contributed by atoms with van der Waals surface area (Å²) in [6.07, 6.45) is 0. The lowest BCUT2D eigenvalue weighted by Gasteiger charge is -2.28. The van der Waals surface area contributed by atoms with Crippen molar-refractivity contribution in [2.45, 2.75) is 13.0 Å². The van der Waals surface area contributed by atoms with E-state index in [-0.39, 0.29) is 11.7 Å². The van der Waals surface area contributed by atoms with Crippen LogP contribution in [-0.4, -0.2) is 22.0 Å². The Labute approximate surface area is 148 Å². The van der Waals surface area contributed by atoms with Gasteiger partial charge in [0, 0.05) is 29.3 Å². The number of rotatable bonds is 4. The van der Waals surface area contributed by atoms with Gasteiger partial charge >= 0.3 is 0 Å². The average Bonchev–Trinajstić information content (AvgIpc) is 2.53. The molecule has 7 heteroatoms. The van der Waals surface area contributed by atoms with Crippen LogP contribution in [0.4, 0.5) is 11.4 Å². The van der Waals surface area contributed by atoms with Crippen molar-refractivity contribution in [2.24, 2.45) is 0 Å². The number of nitro benzene ring substituents is 1.